The predicted molar refractivity (Wildman–Crippen MR) is 120 cm³/mol. The Labute approximate surface area is 173 Å². The molecule has 142 valence electrons. The smallest absolute Gasteiger partial charge is 0.204 e. The van der Waals surface area contributed by atoms with Crippen molar-refractivity contribution in [1.29, 1.82) is 0 Å². The third-order valence-corrected chi connectivity index (χ3v) is 4.54. The van der Waals surface area contributed by atoms with E-state index in [1.807, 2.05) is 50.4 Å². The van der Waals surface area contributed by atoms with Gasteiger partial charge in [-0.1, -0.05) is 18.2 Å². The Bertz CT molecular complexity index is 704. The number of hydrogen-bond donors (Lipinski definition) is 1. The van der Waals surface area contributed by atoms with E-state index in [4.69, 9.17) is 4.99 Å². The van der Waals surface area contributed by atoms with Gasteiger partial charge in [-0.05, 0) is 31.4 Å². The number of anilines is 2. The molecule has 0 bridgehead atoms. The number of halogens is 1. The van der Waals surface area contributed by atoms with Gasteiger partial charge in [-0.25, -0.2) is 9.98 Å². The van der Waals surface area contributed by atoms with E-state index in [1.54, 1.807) is 0 Å². The lowest BCUT2D eigenvalue weighted by Gasteiger charge is -2.30. The van der Waals surface area contributed by atoms with Gasteiger partial charge in [0, 0.05) is 39.9 Å². The number of para-hydroxylation sites is 1. The molecule has 0 radical (unpaired) electrons. The minimum atomic E-state index is 0. The van der Waals surface area contributed by atoms with Crippen LogP contribution in [0.1, 0.15) is 25.0 Å². The maximum absolute atomic E-state index is 4.90. The molecule has 1 aromatic carbocycles. The van der Waals surface area contributed by atoms with Crippen molar-refractivity contribution in [1.82, 2.24) is 14.5 Å². The number of aliphatic imine (C=N–C) groups is 1. The number of aromatic nitrogens is 2. The van der Waals surface area contributed by atoms with Crippen molar-refractivity contribution in [3.05, 3.63) is 42.2 Å². The van der Waals surface area contributed by atoms with Crippen molar-refractivity contribution in [3.63, 3.8) is 0 Å². The first-order valence-corrected chi connectivity index (χ1v) is 8.94. The van der Waals surface area contributed by atoms with Gasteiger partial charge in [0.25, 0.3) is 0 Å². The summed E-state index contributed by atoms with van der Waals surface area (Å²) in [6.45, 7) is 2.74. The van der Waals surface area contributed by atoms with Crippen LogP contribution in [0.3, 0.4) is 0 Å². The van der Waals surface area contributed by atoms with Crippen LogP contribution in [0, 0.1) is 0 Å². The molecule has 2 aromatic rings. The predicted octanol–water partition coefficient (Wildman–Crippen LogP) is 3.56. The van der Waals surface area contributed by atoms with Crippen LogP contribution >= 0.6 is 24.0 Å². The number of piperidine rings is 1. The molecule has 0 atom stereocenters. The van der Waals surface area contributed by atoms with Crippen LogP contribution < -0.4 is 10.2 Å². The lowest BCUT2D eigenvalue weighted by atomic mass is 10.1. The highest BCUT2D eigenvalue weighted by Crippen LogP contribution is 2.15. The molecular formula is C19H29IN6. The number of rotatable bonds is 4. The summed E-state index contributed by atoms with van der Waals surface area (Å²) in [4.78, 5) is 13.7. The van der Waals surface area contributed by atoms with E-state index in [9.17, 15) is 0 Å². The Morgan fingerprint density at radius 2 is 1.85 bits per heavy atom. The lowest BCUT2D eigenvalue weighted by Crippen LogP contribution is -2.40. The molecule has 1 aromatic heterocycles. The fourth-order valence-electron chi connectivity index (χ4n) is 3.13. The molecule has 0 aliphatic carbocycles. The van der Waals surface area contributed by atoms with E-state index in [-0.39, 0.29) is 24.0 Å². The third-order valence-electron chi connectivity index (χ3n) is 4.54. The second-order valence-electron chi connectivity index (χ2n) is 6.68. The van der Waals surface area contributed by atoms with Gasteiger partial charge in [-0.3, -0.25) is 0 Å². The molecule has 2 heterocycles. The number of likely N-dealkylation sites (tertiary alicyclic amines) is 1. The maximum atomic E-state index is 4.90. The van der Waals surface area contributed by atoms with Gasteiger partial charge in [0.15, 0.2) is 5.96 Å². The van der Waals surface area contributed by atoms with E-state index in [2.05, 4.69) is 31.9 Å². The molecule has 1 aliphatic rings. The highest BCUT2D eigenvalue weighted by Gasteiger charge is 2.16. The monoisotopic (exact) mass is 468 g/mol. The summed E-state index contributed by atoms with van der Waals surface area (Å²) in [7, 11) is 6.05. The SMILES string of the molecule is CN(C)c1ncc(CN=C(Nc2ccccc2)N2CCCCC2)n1C.I. The average molecular weight is 468 g/mol. The van der Waals surface area contributed by atoms with Crippen LogP contribution in [-0.4, -0.2) is 47.6 Å². The molecule has 0 unspecified atom stereocenters. The molecular weight excluding hydrogens is 439 g/mol. The first-order chi connectivity index (χ1) is 12.1. The highest BCUT2D eigenvalue weighted by atomic mass is 127. The van der Waals surface area contributed by atoms with Crippen LogP contribution in [0.2, 0.25) is 0 Å². The highest BCUT2D eigenvalue weighted by molar-refractivity contribution is 14.0. The molecule has 26 heavy (non-hydrogen) atoms. The maximum Gasteiger partial charge on any atom is 0.204 e. The van der Waals surface area contributed by atoms with Crippen molar-refractivity contribution in [2.75, 3.05) is 37.4 Å². The molecule has 7 heteroatoms. The van der Waals surface area contributed by atoms with Gasteiger partial charge in [-0.2, -0.15) is 0 Å². The zero-order valence-corrected chi connectivity index (χ0v) is 18.2. The number of guanidine groups is 1. The molecule has 1 fully saturated rings. The molecule has 0 spiro atoms. The quantitative estimate of drug-likeness (QED) is 0.424. The van der Waals surface area contributed by atoms with Crippen LogP contribution in [0.25, 0.3) is 0 Å². The largest absolute Gasteiger partial charge is 0.348 e. The van der Waals surface area contributed by atoms with Gasteiger partial charge < -0.3 is 19.7 Å². The summed E-state index contributed by atoms with van der Waals surface area (Å²) >= 11 is 0. The number of hydrogen-bond acceptors (Lipinski definition) is 3. The normalized spacial score (nSPS) is 14.7. The number of nitrogens with one attached hydrogen (secondary N) is 1. The van der Waals surface area contributed by atoms with E-state index in [0.717, 1.165) is 36.4 Å². The van der Waals surface area contributed by atoms with Crippen molar-refractivity contribution >= 4 is 41.6 Å². The third kappa shape index (κ3) is 5.12. The minimum absolute atomic E-state index is 0. The summed E-state index contributed by atoms with van der Waals surface area (Å²) in [5.41, 5.74) is 2.18. The van der Waals surface area contributed by atoms with E-state index < -0.39 is 0 Å². The summed E-state index contributed by atoms with van der Waals surface area (Å²) in [6.07, 6.45) is 5.68. The van der Waals surface area contributed by atoms with Crippen molar-refractivity contribution < 1.29 is 0 Å². The second kappa shape index (κ2) is 9.80. The van der Waals surface area contributed by atoms with E-state index in [0.29, 0.717) is 6.54 Å². The number of nitrogens with zero attached hydrogens (tertiary/aromatic N) is 5. The van der Waals surface area contributed by atoms with Crippen LogP contribution in [0.15, 0.2) is 41.5 Å². The first kappa shape index (κ1) is 20.5. The summed E-state index contributed by atoms with van der Waals surface area (Å²) in [5, 5.41) is 3.50. The molecule has 1 saturated heterocycles. The standard InChI is InChI=1S/C19H28N6.HI/c1-23(2)19-21-15-17(24(19)3)14-20-18(25-12-8-5-9-13-25)22-16-10-6-4-7-11-16;/h4,6-7,10-11,15H,5,8-9,12-14H2,1-3H3,(H,20,22);1H. The van der Waals surface area contributed by atoms with Crippen LogP contribution in [-0.2, 0) is 13.6 Å². The topological polar surface area (TPSA) is 48.7 Å². The van der Waals surface area contributed by atoms with Crippen LogP contribution in [0.4, 0.5) is 11.6 Å². The second-order valence-corrected chi connectivity index (χ2v) is 6.68. The zero-order valence-electron chi connectivity index (χ0n) is 15.9. The lowest BCUT2D eigenvalue weighted by molar-refractivity contribution is 0.340. The van der Waals surface area contributed by atoms with Crippen molar-refractivity contribution in [3.8, 4) is 0 Å². The van der Waals surface area contributed by atoms with E-state index in [1.165, 1.54) is 19.3 Å². The molecule has 3 rings (SSSR count). The van der Waals surface area contributed by atoms with Gasteiger partial charge in [0.2, 0.25) is 5.95 Å². The fraction of sp³-hybridized carbons (Fsp3) is 0.474. The zero-order chi connectivity index (χ0) is 17.6. The average Bonchev–Trinajstić information content (AvgIpc) is 3.01. The Kier molecular flexibility index (Phi) is 7.74. The molecule has 6 nitrogen and oxygen atoms in total. The van der Waals surface area contributed by atoms with Gasteiger partial charge in [0.1, 0.15) is 0 Å². The Morgan fingerprint density at radius 1 is 1.15 bits per heavy atom. The van der Waals surface area contributed by atoms with Gasteiger partial charge in [-0.15, -0.1) is 24.0 Å². The molecule has 1 N–H and O–H groups in total. The Morgan fingerprint density at radius 3 is 2.46 bits per heavy atom. The van der Waals surface area contributed by atoms with Gasteiger partial charge >= 0.3 is 0 Å². The number of imidazole rings is 1. The van der Waals surface area contributed by atoms with Crippen molar-refractivity contribution in [2.24, 2.45) is 12.0 Å². The molecule has 0 amide bonds. The fourth-order valence-corrected chi connectivity index (χ4v) is 3.13. The number of benzene rings is 1. The first-order valence-electron chi connectivity index (χ1n) is 8.94. The van der Waals surface area contributed by atoms with Crippen LogP contribution in [0.5, 0.6) is 0 Å². The molecule has 0 saturated carbocycles. The Hall–Kier alpha value is -1.77. The summed E-state index contributed by atoms with van der Waals surface area (Å²) in [5.74, 6) is 1.90. The summed E-state index contributed by atoms with van der Waals surface area (Å²) < 4.78 is 2.10. The summed E-state index contributed by atoms with van der Waals surface area (Å²) in [6, 6.07) is 10.3. The molecule has 1 aliphatic heterocycles. The minimum Gasteiger partial charge on any atom is -0.348 e. The van der Waals surface area contributed by atoms with E-state index >= 15 is 0 Å². The van der Waals surface area contributed by atoms with Gasteiger partial charge in [0.05, 0.1) is 18.4 Å². The van der Waals surface area contributed by atoms with Crippen molar-refractivity contribution in [2.45, 2.75) is 25.8 Å². The Balaban J connectivity index is 0.00000243.